The lowest BCUT2D eigenvalue weighted by Gasteiger charge is -2.38. The van der Waals surface area contributed by atoms with Gasteiger partial charge in [-0.3, -0.25) is 4.79 Å². The van der Waals surface area contributed by atoms with E-state index < -0.39 is 29.0 Å². The van der Waals surface area contributed by atoms with Gasteiger partial charge in [0.15, 0.2) is 5.82 Å². The standard InChI is InChI=1S/C19H19ClF3N7O3/c1-10(26-13-5-25-28-18(31)16(13)19(21,22)23)8-32-9-15-27-17(29-33-15)11-6-30(7-11)14-3-2-12(20)4-24-14/h2-5,10-11H,6-9H2,1H3,(H2,26,28,31). The second-order valence-corrected chi connectivity index (χ2v) is 7.97. The highest BCUT2D eigenvalue weighted by atomic mass is 35.5. The third-order valence-electron chi connectivity index (χ3n) is 4.90. The summed E-state index contributed by atoms with van der Waals surface area (Å²) in [7, 11) is 0. The predicted octanol–water partition coefficient (Wildman–Crippen LogP) is 2.84. The van der Waals surface area contributed by atoms with Crippen molar-refractivity contribution in [2.45, 2.75) is 31.7 Å². The highest BCUT2D eigenvalue weighted by molar-refractivity contribution is 6.30. The van der Waals surface area contributed by atoms with Gasteiger partial charge in [-0.15, -0.1) is 0 Å². The molecule has 0 aliphatic carbocycles. The van der Waals surface area contributed by atoms with Crippen molar-refractivity contribution in [1.29, 1.82) is 0 Å². The highest BCUT2D eigenvalue weighted by Gasteiger charge is 2.37. The Morgan fingerprint density at radius 1 is 1.36 bits per heavy atom. The van der Waals surface area contributed by atoms with Crippen LogP contribution in [-0.2, 0) is 17.5 Å². The summed E-state index contributed by atoms with van der Waals surface area (Å²) in [6.45, 7) is 2.99. The van der Waals surface area contributed by atoms with Crippen LogP contribution in [0.1, 0.15) is 30.1 Å². The van der Waals surface area contributed by atoms with Crippen LogP contribution in [0.2, 0.25) is 5.02 Å². The summed E-state index contributed by atoms with van der Waals surface area (Å²) in [6.07, 6.45) is -2.33. The van der Waals surface area contributed by atoms with Crippen LogP contribution in [0.3, 0.4) is 0 Å². The summed E-state index contributed by atoms with van der Waals surface area (Å²) < 4.78 is 50.0. The molecule has 33 heavy (non-hydrogen) atoms. The van der Waals surface area contributed by atoms with E-state index in [0.29, 0.717) is 23.9 Å². The number of aromatic amines is 1. The smallest absolute Gasteiger partial charge is 0.378 e. The van der Waals surface area contributed by atoms with Crippen molar-refractivity contribution in [1.82, 2.24) is 25.3 Å². The number of aromatic nitrogens is 5. The second-order valence-electron chi connectivity index (χ2n) is 7.53. The maximum absolute atomic E-state index is 13.1. The van der Waals surface area contributed by atoms with Gasteiger partial charge in [0, 0.05) is 25.3 Å². The number of ether oxygens (including phenoxy) is 1. The Hall–Kier alpha value is -3.19. The first-order valence-electron chi connectivity index (χ1n) is 9.89. The van der Waals surface area contributed by atoms with Crippen LogP contribution < -0.4 is 15.8 Å². The van der Waals surface area contributed by atoms with Gasteiger partial charge in [0.2, 0.25) is 0 Å². The molecule has 0 spiro atoms. The number of H-pyrrole nitrogens is 1. The van der Waals surface area contributed by atoms with Crippen molar-refractivity contribution in [2.24, 2.45) is 0 Å². The van der Waals surface area contributed by atoms with Crippen LogP contribution in [0.4, 0.5) is 24.7 Å². The molecule has 1 atom stereocenters. The van der Waals surface area contributed by atoms with E-state index in [2.05, 4.69) is 30.4 Å². The maximum Gasteiger partial charge on any atom is 0.423 e. The molecule has 0 radical (unpaired) electrons. The molecule has 3 aromatic heterocycles. The van der Waals surface area contributed by atoms with Gasteiger partial charge < -0.3 is 19.5 Å². The fraction of sp³-hybridized carbons (Fsp3) is 0.421. The largest absolute Gasteiger partial charge is 0.423 e. The minimum atomic E-state index is -4.82. The summed E-state index contributed by atoms with van der Waals surface area (Å²) in [5.74, 6) is 1.71. The van der Waals surface area contributed by atoms with E-state index in [1.807, 2.05) is 6.07 Å². The zero-order chi connectivity index (χ0) is 23.6. The van der Waals surface area contributed by atoms with E-state index in [0.717, 1.165) is 12.0 Å². The van der Waals surface area contributed by atoms with Crippen LogP contribution in [0.5, 0.6) is 0 Å². The normalized spacial score (nSPS) is 15.4. The zero-order valence-electron chi connectivity index (χ0n) is 17.3. The molecule has 176 valence electrons. The summed E-state index contributed by atoms with van der Waals surface area (Å²) in [6, 6.07) is 3.06. The quantitative estimate of drug-likeness (QED) is 0.496. The Morgan fingerprint density at radius 3 is 2.85 bits per heavy atom. The van der Waals surface area contributed by atoms with Gasteiger partial charge in [0.25, 0.3) is 11.4 Å². The van der Waals surface area contributed by atoms with Gasteiger partial charge in [0.1, 0.15) is 18.0 Å². The SMILES string of the molecule is CC(COCc1nc(C2CN(c3ccc(Cl)cn3)C2)no1)Nc1cn[nH]c(=O)c1C(F)(F)F. The molecule has 0 aromatic carbocycles. The Labute approximate surface area is 190 Å². The number of hydrogen-bond donors (Lipinski definition) is 2. The monoisotopic (exact) mass is 485 g/mol. The van der Waals surface area contributed by atoms with Crippen LogP contribution >= 0.6 is 11.6 Å². The number of alkyl halides is 3. The minimum Gasteiger partial charge on any atom is -0.378 e. The van der Waals surface area contributed by atoms with Gasteiger partial charge in [-0.25, -0.2) is 10.1 Å². The number of hydrogen-bond acceptors (Lipinski definition) is 9. The summed E-state index contributed by atoms with van der Waals surface area (Å²) in [5, 5.41) is 12.3. The fourth-order valence-electron chi connectivity index (χ4n) is 3.30. The maximum atomic E-state index is 13.1. The van der Waals surface area contributed by atoms with E-state index in [1.165, 1.54) is 0 Å². The number of nitrogens with one attached hydrogen (secondary N) is 2. The molecule has 2 N–H and O–H groups in total. The van der Waals surface area contributed by atoms with Gasteiger partial charge >= 0.3 is 6.18 Å². The summed E-state index contributed by atoms with van der Waals surface area (Å²) >= 11 is 5.85. The van der Waals surface area contributed by atoms with Crippen molar-refractivity contribution in [3.05, 3.63) is 57.2 Å². The van der Waals surface area contributed by atoms with Crippen molar-refractivity contribution < 1.29 is 22.4 Å². The molecule has 4 heterocycles. The first-order valence-corrected chi connectivity index (χ1v) is 10.3. The third-order valence-corrected chi connectivity index (χ3v) is 5.12. The third kappa shape index (κ3) is 5.42. The highest BCUT2D eigenvalue weighted by Crippen LogP contribution is 2.32. The predicted molar refractivity (Wildman–Crippen MR) is 111 cm³/mol. The van der Waals surface area contributed by atoms with E-state index in [-0.39, 0.29) is 25.0 Å². The van der Waals surface area contributed by atoms with Crippen molar-refractivity contribution >= 4 is 23.1 Å². The minimum absolute atomic E-state index is 0.00601. The molecule has 0 saturated carbocycles. The average molecular weight is 486 g/mol. The summed E-state index contributed by atoms with van der Waals surface area (Å²) in [5.41, 5.74) is -3.08. The number of pyridine rings is 1. The van der Waals surface area contributed by atoms with Gasteiger partial charge in [-0.2, -0.15) is 23.3 Å². The molecular weight excluding hydrogens is 467 g/mol. The molecule has 10 nitrogen and oxygen atoms in total. The molecule has 1 unspecified atom stereocenters. The molecule has 1 saturated heterocycles. The topological polar surface area (TPSA) is 122 Å². The van der Waals surface area contributed by atoms with E-state index >= 15 is 0 Å². The molecule has 14 heteroatoms. The number of nitrogens with zero attached hydrogens (tertiary/aromatic N) is 5. The molecule has 1 aliphatic rings. The lowest BCUT2D eigenvalue weighted by Crippen LogP contribution is -2.45. The molecule has 3 aromatic rings. The van der Waals surface area contributed by atoms with Gasteiger partial charge in [-0.05, 0) is 19.1 Å². The van der Waals surface area contributed by atoms with Gasteiger partial charge in [0.05, 0.1) is 29.4 Å². The molecule has 0 amide bonds. The molecular formula is C19H19ClF3N7O3. The first-order chi connectivity index (χ1) is 15.7. The Bertz CT molecular complexity index is 1150. The number of halogens is 4. The Balaban J connectivity index is 1.25. The molecule has 0 bridgehead atoms. The lowest BCUT2D eigenvalue weighted by molar-refractivity contribution is -0.138. The average Bonchev–Trinajstić information content (AvgIpc) is 3.15. The van der Waals surface area contributed by atoms with Crippen molar-refractivity contribution in [3.8, 4) is 0 Å². The van der Waals surface area contributed by atoms with Gasteiger partial charge in [-0.1, -0.05) is 16.8 Å². The molecule has 4 rings (SSSR count). The Kier molecular flexibility index (Phi) is 6.51. The van der Waals surface area contributed by atoms with E-state index in [4.69, 9.17) is 20.9 Å². The van der Waals surface area contributed by atoms with E-state index in [9.17, 15) is 18.0 Å². The summed E-state index contributed by atoms with van der Waals surface area (Å²) in [4.78, 5) is 22.2. The second kappa shape index (κ2) is 9.35. The van der Waals surface area contributed by atoms with Crippen molar-refractivity contribution in [3.63, 3.8) is 0 Å². The molecule has 1 aliphatic heterocycles. The number of anilines is 2. The van der Waals surface area contributed by atoms with E-state index in [1.54, 1.807) is 24.3 Å². The fourth-order valence-corrected chi connectivity index (χ4v) is 3.41. The van der Waals surface area contributed by atoms with Crippen LogP contribution in [0.15, 0.2) is 33.8 Å². The van der Waals surface area contributed by atoms with Crippen molar-refractivity contribution in [2.75, 3.05) is 29.9 Å². The molecule has 1 fully saturated rings. The number of rotatable bonds is 8. The Morgan fingerprint density at radius 2 is 2.15 bits per heavy atom. The van der Waals surface area contributed by atoms with Crippen LogP contribution in [0, 0.1) is 0 Å². The lowest BCUT2D eigenvalue weighted by atomic mass is 9.99. The first kappa shape index (κ1) is 23.0. The zero-order valence-corrected chi connectivity index (χ0v) is 18.0. The van der Waals surface area contributed by atoms with Crippen LogP contribution in [-0.4, -0.2) is 51.1 Å². The van der Waals surface area contributed by atoms with Crippen LogP contribution in [0.25, 0.3) is 0 Å².